The van der Waals surface area contributed by atoms with E-state index in [1.807, 2.05) is 49.6 Å². The van der Waals surface area contributed by atoms with Crippen molar-refractivity contribution in [2.24, 2.45) is 0 Å². The molecule has 0 bridgehead atoms. The Balaban J connectivity index is 2.25. The molecule has 0 radical (unpaired) electrons. The van der Waals surface area contributed by atoms with Gasteiger partial charge >= 0.3 is 0 Å². The average molecular weight is 242 g/mol. The van der Waals surface area contributed by atoms with E-state index < -0.39 is 0 Å². The van der Waals surface area contributed by atoms with Gasteiger partial charge in [0, 0.05) is 37.9 Å². The second-order valence-electron chi connectivity index (χ2n) is 4.10. The van der Waals surface area contributed by atoms with Crippen molar-refractivity contribution in [3.8, 4) is 0 Å². The van der Waals surface area contributed by atoms with Gasteiger partial charge < -0.3 is 10.2 Å². The summed E-state index contributed by atoms with van der Waals surface area (Å²) < 4.78 is 0. The van der Waals surface area contributed by atoms with E-state index in [2.05, 4.69) is 28.3 Å². The topological polar surface area (TPSA) is 41.1 Å². The largest absolute Gasteiger partial charge is 0.388 e. The number of aryl methyl sites for hydroxylation is 1. The first-order chi connectivity index (χ1) is 8.74. The van der Waals surface area contributed by atoms with Gasteiger partial charge in [-0.15, -0.1) is 0 Å². The van der Waals surface area contributed by atoms with Crippen molar-refractivity contribution >= 4 is 17.3 Å². The summed E-state index contributed by atoms with van der Waals surface area (Å²) >= 11 is 0. The molecule has 1 aromatic carbocycles. The van der Waals surface area contributed by atoms with Gasteiger partial charge in [-0.1, -0.05) is 13.0 Å². The highest BCUT2D eigenvalue weighted by molar-refractivity contribution is 5.62. The zero-order chi connectivity index (χ0) is 13.0. The first-order valence-electron chi connectivity index (χ1n) is 6.07. The first-order valence-corrected chi connectivity index (χ1v) is 6.07. The summed E-state index contributed by atoms with van der Waals surface area (Å²) in [5.41, 5.74) is 3.28. The molecule has 0 unspecified atom stereocenters. The summed E-state index contributed by atoms with van der Waals surface area (Å²) in [5, 5.41) is 3.12. The molecule has 1 aromatic heterocycles. The van der Waals surface area contributed by atoms with Gasteiger partial charge in [0.15, 0.2) is 0 Å². The number of anilines is 3. The van der Waals surface area contributed by atoms with Crippen molar-refractivity contribution < 1.29 is 0 Å². The molecule has 1 N–H and O–H groups in total. The minimum atomic E-state index is 0.709. The smallest absolute Gasteiger partial charge is 0.229 e. The lowest BCUT2D eigenvalue weighted by Crippen LogP contribution is -2.13. The average Bonchev–Trinajstić information content (AvgIpc) is 2.46. The van der Waals surface area contributed by atoms with Crippen molar-refractivity contribution in [3.63, 3.8) is 0 Å². The minimum Gasteiger partial charge on any atom is -0.388 e. The minimum absolute atomic E-state index is 0.709. The van der Waals surface area contributed by atoms with Crippen LogP contribution in [-0.4, -0.2) is 24.1 Å². The molecule has 4 heteroatoms. The molecule has 0 saturated carbocycles. The SMILES string of the molecule is CCc1cnc(N(C)c2cccc(NC)c2)nc1. The van der Waals surface area contributed by atoms with Crippen molar-refractivity contribution in [3.05, 3.63) is 42.2 Å². The predicted octanol–water partition coefficient (Wildman–Crippen LogP) is 2.85. The van der Waals surface area contributed by atoms with Crippen molar-refractivity contribution in [1.82, 2.24) is 9.97 Å². The lowest BCUT2D eigenvalue weighted by molar-refractivity contribution is 0.996. The fraction of sp³-hybridized carbons (Fsp3) is 0.286. The van der Waals surface area contributed by atoms with Gasteiger partial charge in [-0.2, -0.15) is 0 Å². The lowest BCUT2D eigenvalue weighted by atomic mass is 10.2. The van der Waals surface area contributed by atoms with Gasteiger partial charge in [0.2, 0.25) is 5.95 Å². The zero-order valence-corrected chi connectivity index (χ0v) is 11.0. The molecular formula is C14H18N4. The van der Waals surface area contributed by atoms with Crippen LogP contribution in [0.25, 0.3) is 0 Å². The molecule has 18 heavy (non-hydrogen) atoms. The Bertz CT molecular complexity index is 507. The number of rotatable bonds is 4. The van der Waals surface area contributed by atoms with Crippen LogP contribution in [0.2, 0.25) is 0 Å². The van der Waals surface area contributed by atoms with E-state index in [1.165, 1.54) is 0 Å². The van der Waals surface area contributed by atoms with E-state index in [4.69, 9.17) is 0 Å². The Hall–Kier alpha value is -2.10. The highest BCUT2D eigenvalue weighted by Crippen LogP contribution is 2.22. The molecular weight excluding hydrogens is 224 g/mol. The third-order valence-corrected chi connectivity index (χ3v) is 2.92. The van der Waals surface area contributed by atoms with Crippen LogP contribution < -0.4 is 10.2 Å². The van der Waals surface area contributed by atoms with E-state index >= 15 is 0 Å². The quantitative estimate of drug-likeness (QED) is 0.895. The van der Waals surface area contributed by atoms with Crippen LogP contribution in [0, 0.1) is 0 Å². The van der Waals surface area contributed by atoms with Crippen LogP contribution in [0.4, 0.5) is 17.3 Å². The van der Waals surface area contributed by atoms with Gasteiger partial charge in [-0.25, -0.2) is 9.97 Å². The fourth-order valence-corrected chi connectivity index (χ4v) is 1.69. The van der Waals surface area contributed by atoms with Gasteiger partial charge in [-0.3, -0.25) is 0 Å². The van der Waals surface area contributed by atoms with Gasteiger partial charge in [0.1, 0.15) is 0 Å². The molecule has 0 atom stereocenters. The Morgan fingerprint density at radius 1 is 1.22 bits per heavy atom. The first kappa shape index (κ1) is 12.4. The molecule has 0 aliphatic rings. The van der Waals surface area contributed by atoms with Crippen LogP contribution in [0.3, 0.4) is 0 Å². The van der Waals surface area contributed by atoms with Crippen molar-refractivity contribution in [2.45, 2.75) is 13.3 Å². The van der Waals surface area contributed by atoms with E-state index in [1.54, 1.807) is 0 Å². The summed E-state index contributed by atoms with van der Waals surface area (Å²) in [5.74, 6) is 0.709. The highest BCUT2D eigenvalue weighted by atomic mass is 15.2. The van der Waals surface area contributed by atoms with Gasteiger partial charge in [0.25, 0.3) is 0 Å². The molecule has 2 rings (SSSR count). The molecule has 0 amide bonds. The summed E-state index contributed by atoms with van der Waals surface area (Å²) in [6, 6.07) is 8.14. The Morgan fingerprint density at radius 3 is 2.56 bits per heavy atom. The van der Waals surface area contributed by atoms with Gasteiger partial charge in [-0.05, 0) is 30.2 Å². The monoisotopic (exact) mass is 242 g/mol. The number of hydrogen-bond acceptors (Lipinski definition) is 4. The standard InChI is InChI=1S/C14H18N4/c1-4-11-9-16-14(17-10-11)18(3)13-7-5-6-12(8-13)15-2/h5-10,15H,4H2,1-3H3. The number of nitrogens with one attached hydrogen (secondary N) is 1. The van der Waals surface area contributed by atoms with Gasteiger partial charge in [0.05, 0.1) is 0 Å². The van der Waals surface area contributed by atoms with E-state index in [0.29, 0.717) is 5.95 Å². The molecule has 0 spiro atoms. The number of aromatic nitrogens is 2. The lowest BCUT2D eigenvalue weighted by Gasteiger charge is -2.17. The van der Waals surface area contributed by atoms with E-state index in [0.717, 1.165) is 23.4 Å². The van der Waals surface area contributed by atoms with Crippen LogP contribution in [-0.2, 0) is 6.42 Å². The molecule has 4 nitrogen and oxygen atoms in total. The summed E-state index contributed by atoms with van der Waals surface area (Å²) in [7, 11) is 3.88. The van der Waals surface area contributed by atoms with Crippen LogP contribution >= 0.6 is 0 Å². The molecule has 2 aromatic rings. The van der Waals surface area contributed by atoms with Crippen molar-refractivity contribution in [1.29, 1.82) is 0 Å². The second-order valence-corrected chi connectivity index (χ2v) is 4.10. The van der Waals surface area contributed by atoms with E-state index in [9.17, 15) is 0 Å². The van der Waals surface area contributed by atoms with E-state index in [-0.39, 0.29) is 0 Å². The normalized spacial score (nSPS) is 10.2. The maximum absolute atomic E-state index is 4.38. The number of nitrogens with zero attached hydrogens (tertiary/aromatic N) is 3. The Morgan fingerprint density at radius 2 is 1.94 bits per heavy atom. The third kappa shape index (κ3) is 2.59. The maximum Gasteiger partial charge on any atom is 0.229 e. The van der Waals surface area contributed by atoms with Crippen molar-refractivity contribution in [2.75, 3.05) is 24.3 Å². The molecule has 0 saturated heterocycles. The highest BCUT2D eigenvalue weighted by Gasteiger charge is 2.06. The molecule has 0 aliphatic heterocycles. The second kappa shape index (κ2) is 5.49. The number of benzene rings is 1. The number of hydrogen-bond donors (Lipinski definition) is 1. The third-order valence-electron chi connectivity index (χ3n) is 2.92. The molecule has 94 valence electrons. The Labute approximate surface area is 108 Å². The molecule has 0 fully saturated rings. The zero-order valence-electron chi connectivity index (χ0n) is 11.0. The molecule has 1 heterocycles. The summed E-state index contributed by atoms with van der Waals surface area (Å²) in [6.07, 6.45) is 4.71. The fourth-order valence-electron chi connectivity index (χ4n) is 1.69. The summed E-state index contributed by atoms with van der Waals surface area (Å²) in [6.45, 7) is 2.10. The van der Waals surface area contributed by atoms with Crippen LogP contribution in [0.5, 0.6) is 0 Å². The van der Waals surface area contributed by atoms with Crippen LogP contribution in [0.15, 0.2) is 36.7 Å². The maximum atomic E-state index is 4.38. The predicted molar refractivity (Wildman–Crippen MR) is 75.5 cm³/mol. The Kier molecular flexibility index (Phi) is 3.77. The van der Waals surface area contributed by atoms with Crippen LogP contribution in [0.1, 0.15) is 12.5 Å². The molecule has 0 aliphatic carbocycles. The summed E-state index contributed by atoms with van der Waals surface area (Å²) in [4.78, 5) is 10.7.